The molecule has 0 bridgehead atoms. The van der Waals surface area contributed by atoms with Crippen LogP contribution in [0.25, 0.3) is 11.5 Å². The van der Waals surface area contributed by atoms with Crippen molar-refractivity contribution in [2.45, 2.75) is 29.4 Å². The zero-order valence-corrected chi connectivity index (χ0v) is 19.0. The maximum absolute atomic E-state index is 12.9. The van der Waals surface area contributed by atoms with E-state index in [2.05, 4.69) is 10.2 Å². The van der Waals surface area contributed by atoms with Gasteiger partial charge in [-0.05, 0) is 43.2 Å². The molecule has 1 aliphatic rings. The second-order valence-corrected chi connectivity index (χ2v) is 11.3. The van der Waals surface area contributed by atoms with Crippen LogP contribution in [0.2, 0.25) is 4.34 Å². The number of ketones is 1. The molecule has 0 spiro atoms. The van der Waals surface area contributed by atoms with Crippen LogP contribution in [0.1, 0.15) is 28.9 Å². The monoisotopic (exact) mass is 483 g/mol. The lowest BCUT2D eigenvalue weighted by atomic mass is 10.2. The van der Waals surface area contributed by atoms with Gasteiger partial charge in [-0.15, -0.1) is 21.5 Å². The van der Waals surface area contributed by atoms with Gasteiger partial charge in [-0.3, -0.25) is 4.79 Å². The molecular formula is C19H18ClN3O4S3. The fourth-order valence-electron chi connectivity index (χ4n) is 3.09. The number of nitrogens with zero attached hydrogens (tertiary/aromatic N) is 3. The summed E-state index contributed by atoms with van der Waals surface area (Å²) in [7, 11) is -3.55. The molecule has 1 saturated heterocycles. The SMILES string of the molecule is O=C(CSc1nnc(-c2cccc(S(=O)(=O)N3CCCCC3)c2)o1)c1ccc(Cl)s1. The molecule has 0 unspecified atom stereocenters. The van der Waals surface area contributed by atoms with Crippen LogP contribution >= 0.6 is 34.7 Å². The average Bonchev–Trinajstić information content (AvgIpc) is 3.42. The summed E-state index contributed by atoms with van der Waals surface area (Å²) >= 11 is 8.21. The van der Waals surface area contributed by atoms with Crippen molar-refractivity contribution in [1.82, 2.24) is 14.5 Å². The van der Waals surface area contributed by atoms with E-state index < -0.39 is 10.0 Å². The van der Waals surface area contributed by atoms with Gasteiger partial charge in [0.2, 0.25) is 15.9 Å². The van der Waals surface area contributed by atoms with Gasteiger partial charge >= 0.3 is 0 Å². The number of Topliss-reactive ketones (excluding diaryl/α,β-unsaturated/α-hetero) is 1. The molecule has 1 aliphatic heterocycles. The number of hydrogen-bond acceptors (Lipinski definition) is 8. The van der Waals surface area contributed by atoms with Crippen molar-refractivity contribution in [3.8, 4) is 11.5 Å². The summed E-state index contributed by atoms with van der Waals surface area (Å²) in [6.07, 6.45) is 2.80. The number of carbonyl (C=O) groups is 1. The summed E-state index contributed by atoms with van der Waals surface area (Å²) in [4.78, 5) is 13.0. The summed E-state index contributed by atoms with van der Waals surface area (Å²) < 4.78 is 33.5. The highest BCUT2D eigenvalue weighted by atomic mass is 35.5. The molecule has 0 aliphatic carbocycles. The first-order valence-corrected chi connectivity index (χ1v) is 12.9. The first kappa shape index (κ1) is 21.5. The summed E-state index contributed by atoms with van der Waals surface area (Å²) in [6, 6.07) is 9.86. The Kier molecular flexibility index (Phi) is 6.59. The highest BCUT2D eigenvalue weighted by Crippen LogP contribution is 2.28. The number of sulfonamides is 1. The van der Waals surface area contributed by atoms with Crippen LogP contribution in [0.3, 0.4) is 0 Å². The predicted octanol–water partition coefficient (Wildman–Crippen LogP) is 4.60. The number of piperidine rings is 1. The maximum Gasteiger partial charge on any atom is 0.277 e. The normalized spacial score (nSPS) is 15.4. The number of benzene rings is 1. The van der Waals surface area contributed by atoms with E-state index in [1.807, 2.05) is 0 Å². The molecule has 0 N–H and O–H groups in total. The van der Waals surface area contributed by atoms with Crippen LogP contribution in [-0.2, 0) is 10.0 Å². The van der Waals surface area contributed by atoms with E-state index in [1.54, 1.807) is 36.4 Å². The molecule has 158 valence electrons. The van der Waals surface area contributed by atoms with Crippen LogP contribution in [0.15, 0.2) is 50.9 Å². The average molecular weight is 484 g/mol. The van der Waals surface area contributed by atoms with Crippen LogP contribution in [0.4, 0.5) is 0 Å². The Hall–Kier alpha value is -1.72. The third-order valence-electron chi connectivity index (χ3n) is 4.62. The number of thioether (sulfide) groups is 1. The molecular weight excluding hydrogens is 466 g/mol. The Morgan fingerprint density at radius 1 is 1.17 bits per heavy atom. The van der Waals surface area contributed by atoms with E-state index in [4.69, 9.17) is 16.0 Å². The van der Waals surface area contributed by atoms with Gasteiger partial charge in [-0.2, -0.15) is 4.31 Å². The number of hydrogen-bond donors (Lipinski definition) is 0. The van der Waals surface area contributed by atoms with Gasteiger partial charge in [0.15, 0.2) is 5.78 Å². The first-order chi connectivity index (χ1) is 14.4. The predicted molar refractivity (Wildman–Crippen MR) is 117 cm³/mol. The molecule has 11 heteroatoms. The third kappa shape index (κ3) is 4.78. The van der Waals surface area contributed by atoms with Crippen LogP contribution in [0, 0.1) is 0 Å². The highest BCUT2D eigenvalue weighted by Gasteiger charge is 2.26. The van der Waals surface area contributed by atoms with E-state index >= 15 is 0 Å². The molecule has 1 fully saturated rings. The van der Waals surface area contributed by atoms with Crippen LogP contribution < -0.4 is 0 Å². The van der Waals surface area contributed by atoms with Gasteiger partial charge < -0.3 is 4.42 Å². The number of aromatic nitrogens is 2. The highest BCUT2D eigenvalue weighted by molar-refractivity contribution is 7.99. The summed E-state index contributed by atoms with van der Waals surface area (Å²) in [5.41, 5.74) is 0.517. The molecule has 7 nitrogen and oxygen atoms in total. The van der Waals surface area contributed by atoms with Gasteiger partial charge in [0, 0.05) is 18.7 Å². The van der Waals surface area contributed by atoms with Gasteiger partial charge in [0.25, 0.3) is 5.22 Å². The van der Waals surface area contributed by atoms with Gasteiger partial charge in [0.05, 0.1) is 19.9 Å². The van der Waals surface area contributed by atoms with Crippen molar-refractivity contribution in [2.24, 2.45) is 0 Å². The molecule has 3 heterocycles. The minimum atomic E-state index is -3.55. The van der Waals surface area contributed by atoms with Crippen molar-refractivity contribution < 1.29 is 17.6 Å². The zero-order chi connectivity index (χ0) is 21.1. The van der Waals surface area contributed by atoms with E-state index in [1.165, 1.54) is 15.6 Å². The molecule has 1 aromatic carbocycles. The number of carbonyl (C=O) groups excluding carboxylic acids is 1. The van der Waals surface area contributed by atoms with E-state index in [-0.39, 0.29) is 27.5 Å². The lowest BCUT2D eigenvalue weighted by Crippen LogP contribution is -2.35. The van der Waals surface area contributed by atoms with Crippen molar-refractivity contribution in [3.05, 3.63) is 45.6 Å². The fourth-order valence-corrected chi connectivity index (χ4v) is 6.37. The van der Waals surface area contributed by atoms with Crippen molar-refractivity contribution in [2.75, 3.05) is 18.8 Å². The van der Waals surface area contributed by atoms with Gasteiger partial charge in [0.1, 0.15) is 0 Å². The lowest BCUT2D eigenvalue weighted by Gasteiger charge is -2.25. The number of halogens is 1. The van der Waals surface area contributed by atoms with Crippen molar-refractivity contribution >= 4 is 50.5 Å². The number of thiophene rings is 1. The minimum absolute atomic E-state index is 0.0775. The molecule has 4 rings (SSSR count). The Morgan fingerprint density at radius 3 is 2.70 bits per heavy atom. The smallest absolute Gasteiger partial charge is 0.277 e. The summed E-state index contributed by atoms with van der Waals surface area (Å²) in [5.74, 6) is 0.271. The van der Waals surface area contributed by atoms with E-state index in [9.17, 15) is 13.2 Å². The van der Waals surface area contributed by atoms with E-state index in [0.717, 1.165) is 31.0 Å². The van der Waals surface area contributed by atoms with Crippen molar-refractivity contribution in [1.29, 1.82) is 0 Å². The number of rotatable bonds is 7. The van der Waals surface area contributed by atoms with E-state index in [0.29, 0.717) is 27.9 Å². The van der Waals surface area contributed by atoms with Crippen molar-refractivity contribution in [3.63, 3.8) is 0 Å². The van der Waals surface area contributed by atoms with Gasteiger partial charge in [-0.1, -0.05) is 35.9 Å². The molecule has 30 heavy (non-hydrogen) atoms. The van der Waals surface area contributed by atoms with Gasteiger partial charge in [-0.25, -0.2) is 8.42 Å². The second kappa shape index (κ2) is 9.19. The topological polar surface area (TPSA) is 93.4 Å². The Bertz CT molecular complexity index is 1150. The molecule has 0 saturated carbocycles. The Morgan fingerprint density at radius 2 is 1.97 bits per heavy atom. The quantitative estimate of drug-likeness (QED) is 0.358. The largest absolute Gasteiger partial charge is 0.411 e. The Balaban J connectivity index is 1.47. The van der Waals surface area contributed by atoms with Crippen LogP contribution in [0.5, 0.6) is 0 Å². The molecule has 2 aromatic heterocycles. The lowest BCUT2D eigenvalue weighted by molar-refractivity contribution is 0.102. The molecule has 0 atom stereocenters. The second-order valence-electron chi connectivity index (χ2n) is 6.68. The summed E-state index contributed by atoms with van der Waals surface area (Å²) in [5, 5.41) is 8.20. The fraction of sp³-hybridized carbons (Fsp3) is 0.316. The molecule has 0 amide bonds. The zero-order valence-electron chi connectivity index (χ0n) is 15.8. The maximum atomic E-state index is 12.9. The standard InChI is InChI=1S/C19H18ClN3O4S3/c20-17-8-7-16(29-17)15(24)12-28-19-22-21-18(27-19)13-5-4-6-14(11-13)30(25,26)23-9-2-1-3-10-23/h4-8,11H,1-3,9-10,12H2. The third-order valence-corrected chi connectivity index (χ3v) is 8.60. The molecule has 0 radical (unpaired) electrons. The molecule has 3 aromatic rings. The minimum Gasteiger partial charge on any atom is -0.411 e. The summed E-state index contributed by atoms with van der Waals surface area (Å²) in [6.45, 7) is 1.08. The first-order valence-electron chi connectivity index (χ1n) is 9.29. The van der Waals surface area contributed by atoms with Crippen LogP contribution in [-0.4, -0.2) is 47.5 Å². The Labute approximate surface area is 187 Å².